The molecule has 0 aliphatic carbocycles. The molecule has 2 aliphatic rings. The summed E-state index contributed by atoms with van der Waals surface area (Å²) in [5.74, 6) is 0. The third-order valence-corrected chi connectivity index (χ3v) is 3.68. The van der Waals surface area contributed by atoms with Crippen molar-refractivity contribution in [3.05, 3.63) is 0 Å². The van der Waals surface area contributed by atoms with Gasteiger partial charge in [0.25, 0.3) is 0 Å². The van der Waals surface area contributed by atoms with E-state index in [0.29, 0.717) is 0 Å². The summed E-state index contributed by atoms with van der Waals surface area (Å²) >= 11 is 0. The molecule has 0 radical (unpaired) electrons. The average molecular weight is 411 g/mol. The van der Waals surface area contributed by atoms with Crippen molar-refractivity contribution >= 4 is 0 Å². The summed E-state index contributed by atoms with van der Waals surface area (Å²) < 4.78 is 0. The first kappa shape index (κ1) is 15.6. The SMILES string of the molecule is CCCN1CCN(CCN2CC(O)C2)CC1.[W]. The topological polar surface area (TPSA) is 30.0 Å². The van der Waals surface area contributed by atoms with Crippen LogP contribution in [0.5, 0.6) is 0 Å². The van der Waals surface area contributed by atoms with E-state index in [4.69, 9.17) is 0 Å². The Balaban J connectivity index is 0.00000144. The molecule has 0 amide bonds. The Hall–Kier alpha value is 0.528. The van der Waals surface area contributed by atoms with Crippen LogP contribution in [0.3, 0.4) is 0 Å². The molecule has 0 aromatic rings. The number of β-amino-alcohol motifs (C(OH)–C–C–N with tert-alkyl or cyclic N) is 1. The van der Waals surface area contributed by atoms with Crippen molar-refractivity contribution < 1.29 is 26.2 Å². The molecule has 0 saturated carbocycles. The second kappa shape index (κ2) is 7.85. The maximum absolute atomic E-state index is 9.19. The van der Waals surface area contributed by atoms with Crippen LogP contribution in [0, 0.1) is 0 Å². The molecule has 1 N–H and O–H groups in total. The molecule has 0 unspecified atom stereocenters. The second-order valence-electron chi connectivity index (χ2n) is 5.10. The summed E-state index contributed by atoms with van der Waals surface area (Å²) in [6, 6.07) is 0. The van der Waals surface area contributed by atoms with Gasteiger partial charge in [-0.3, -0.25) is 9.80 Å². The van der Waals surface area contributed by atoms with E-state index in [0.717, 1.165) is 19.6 Å². The van der Waals surface area contributed by atoms with Crippen LogP contribution in [0.4, 0.5) is 0 Å². The maximum atomic E-state index is 9.19. The van der Waals surface area contributed by atoms with Gasteiger partial charge in [-0.1, -0.05) is 6.92 Å². The molecule has 100 valence electrons. The Kier molecular flexibility index (Phi) is 7.20. The molecular weight excluding hydrogens is 386 g/mol. The molecule has 2 heterocycles. The Bertz CT molecular complexity index is 204. The largest absolute Gasteiger partial charge is 0.390 e. The summed E-state index contributed by atoms with van der Waals surface area (Å²) in [6.07, 6.45) is 1.22. The van der Waals surface area contributed by atoms with Gasteiger partial charge in [0, 0.05) is 73.4 Å². The van der Waals surface area contributed by atoms with Gasteiger partial charge in [0.2, 0.25) is 0 Å². The van der Waals surface area contributed by atoms with Crippen molar-refractivity contribution in [3.63, 3.8) is 0 Å². The molecule has 5 heteroatoms. The number of nitrogens with zero attached hydrogens (tertiary/aromatic N) is 3. The minimum Gasteiger partial charge on any atom is -0.390 e. The van der Waals surface area contributed by atoms with Crippen LogP contribution in [-0.4, -0.2) is 84.8 Å². The third kappa shape index (κ3) is 4.96. The van der Waals surface area contributed by atoms with Crippen LogP contribution in [0.15, 0.2) is 0 Å². The van der Waals surface area contributed by atoms with Crippen molar-refractivity contribution in [2.24, 2.45) is 0 Å². The molecule has 0 aromatic heterocycles. The second-order valence-corrected chi connectivity index (χ2v) is 5.10. The number of hydrogen-bond donors (Lipinski definition) is 1. The van der Waals surface area contributed by atoms with E-state index in [9.17, 15) is 5.11 Å². The summed E-state index contributed by atoms with van der Waals surface area (Å²) in [6.45, 7) is 12.5. The monoisotopic (exact) mass is 411 g/mol. The average Bonchev–Trinajstić information content (AvgIpc) is 2.25. The number of hydrogen-bond acceptors (Lipinski definition) is 4. The first-order chi connectivity index (χ1) is 7.78. The van der Waals surface area contributed by atoms with Gasteiger partial charge < -0.3 is 10.0 Å². The zero-order valence-corrected chi connectivity index (χ0v) is 13.8. The number of aliphatic hydroxyl groups is 1. The molecule has 4 nitrogen and oxygen atoms in total. The predicted molar refractivity (Wildman–Crippen MR) is 65.6 cm³/mol. The Morgan fingerprint density at radius 1 is 0.882 bits per heavy atom. The van der Waals surface area contributed by atoms with E-state index in [1.165, 1.54) is 45.7 Å². The van der Waals surface area contributed by atoms with Gasteiger partial charge in [-0.05, 0) is 13.0 Å². The first-order valence-electron chi connectivity index (χ1n) is 6.63. The van der Waals surface area contributed by atoms with Gasteiger partial charge >= 0.3 is 0 Å². The van der Waals surface area contributed by atoms with Crippen molar-refractivity contribution in [3.8, 4) is 0 Å². The Morgan fingerprint density at radius 3 is 1.82 bits per heavy atom. The number of rotatable bonds is 5. The molecule has 0 aromatic carbocycles. The zero-order valence-electron chi connectivity index (χ0n) is 10.8. The van der Waals surface area contributed by atoms with Crippen molar-refractivity contribution in [1.82, 2.24) is 14.7 Å². The first-order valence-corrected chi connectivity index (χ1v) is 6.63. The minimum atomic E-state index is -0.0543. The molecule has 0 bridgehead atoms. The summed E-state index contributed by atoms with van der Waals surface area (Å²) in [4.78, 5) is 7.45. The minimum absolute atomic E-state index is 0. The maximum Gasteiger partial charge on any atom is 0.0793 e. The number of likely N-dealkylation sites (tertiary alicyclic amines) is 1. The smallest absolute Gasteiger partial charge is 0.0793 e. The normalized spacial score (nSPS) is 24.4. The van der Waals surface area contributed by atoms with Gasteiger partial charge in [0.05, 0.1) is 6.10 Å². The predicted octanol–water partition coefficient (Wildman–Crippen LogP) is -0.312. The van der Waals surface area contributed by atoms with E-state index in [1.807, 2.05) is 0 Å². The van der Waals surface area contributed by atoms with E-state index in [1.54, 1.807) is 0 Å². The standard InChI is InChI=1S/C12H25N3O.W/c1-2-3-13-4-6-14(7-5-13)8-9-15-10-12(16)11-15;/h12,16H,2-11H2,1H3;. The molecule has 0 atom stereocenters. The fourth-order valence-electron chi connectivity index (χ4n) is 2.56. The molecule has 2 rings (SSSR count). The Labute approximate surface area is 119 Å². The fraction of sp³-hybridized carbons (Fsp3) is 1.00. The van der Waals surface area contributed by atoms with Gasteiger partial charge in [-0.25, -0.2) is 0 Å². The zero-order chi connectivity index (χ0) is 11.4. The van der Waals surface area contributed by atoms with Gasteiger partial charge in [-0.2, -0.15) is 0 Å². The molecule has 2 saturated heterocycles. The molecule has 17 heavy (non-hydrogen) atoms. The van der Waals surface area contributed by atoms with Gasteiger partial charge in [0.1, 0.15) is 0 Å². The fourth-order valence-corrected chi connectivity index (χ4v) is 2.56. The van der Waals surface area contributed by atoms with E-state index < -0.39 is 0 Å². The summed E-state index contributed by atoms with van der Waals surface area (Å²) in [5, 5.41) is 9.19. The van der Waals surface area contributed by atoms with Crippen LogP contribution >= 0.6 is 0 Å². The van der Waals surface area contributed by atoms with Crippen LogP contribution in [0.1, 0.15) is 13.3 Å². The number of aliphatic hydroxyl groups excluding tert-OH is 1. The van der Waals surface area contributed by atoms with Crippen LogP contribution in [0.2, 0.25) is 0 Å². The molecule has 0 spiro atoms. The van der Waals surface area contributed by atoms with Crippen molar-refractivity contribution in [2.75, 3.05) is 58.9 Å². The summed E-state index contributed by atoms with van der Waals surface area (Å²) in [5.41, 5.74) is 0. The van der Waals surface area contributed by atoms with Crippen molar-refractivity contribution in [2.45, 2.75) is 19.4 Å². The molecule has 2 aliphatic heterocycles. The van der Waals surface area contributed by atoms with Crippen LogP contribution in [0.25, 0.3) is 0 Å². The quantitative estimate of drug-likeness (QED) is 0.673. The van der Waals surface area contributed by atoms with E-state index >= 15 is 0 Å². The van der Waals surface area contributed by atoms with Crippen LogP contribution < -0.4 is 0 Å². The molecule has 2 fully saturated rings. The molecular formula is C12H25N3OW. The Morgan fingerprint density at radius 2 is 1.35 bits per heavy atom. The van der Waals surface area contributed by atoms with E-state index in [2.05, 4.69) is 21.6 Å². The van der Waals surface area contributed by atoms with E-state index in [-0.39, 0.29) is 27.2 Å². The third-order valence-electron chi connectivity index (χ3n) is 3.68. The van der Waals surface area contributed by atoms with Crippen LogP contribution in [-0.2, 0) is 21.1 Å². The number of piperazine rings is 1. The van der Waals surface area contributed by atoms with Crippen molar-refractivity contribution in [1.29, 1.82) is 0 Å². The van der Waals surface area contributed by atoms with Gasteiger partial charge in [0.15, 0.2) is 0 Å². The van der Waals surface area contributed by atoms with Gasteiger partial charge in [-0.15, -0.1) is 0 Å². The summed E-state index contributed by atoms with van der Waals surface area (Å²) in [7, 11) is 0.